The zero-order valence-corrected chi connectivity index (χ0v) is 12.8. The molecule has 0 saturated heterocycles. The number of carbonyl (C=O) groups is 1. The number of amides is 1. The van der Waals surface area contributed by atoms with Crippen LogP contribution in [0.3, 0.4) is 0 Å². The third-order valence-electron chi connectivity index (χ3n) is 1.76. The number of hydrogen-bond donors (Lipinski definition) is 2. The van der Waals surface area contributed by atoms with Gasteiger partial charge in [0.2, 0.25) is 0 Å². The number of aryl methyl sites for hydroxylation is 1. The molecular formula is C11H17BrN2O2S. The summed E-state index contributed by atoms with van der Waals surface area (Å²) >= 11 is 5.12. The van der Waals surface area contributed by atoms with E-state index < -0.39 is 11.7 Å². The van der Waals surface area contributed by atoms with Crippen molar-refractivity contribution < 1.29 is 9.53 Å². The van der Waals surface area contributed by atoms with Gasteiger partial charge in [0.1, 0.15) is 5.60 Å². The molecule has 1 aromatic heterocycles. The zero-order chi connectivity index (χ0) is 13.1. The Bertz CT molecular complexity index is 379. The van der Waals surface area contributed by atoms with Crippen molar-refractivity contribution in [1.29, 1.82) is 0 Å². The molecule has 0 aliphatic heterocycles. The first-order chi connectivity index (χ1) is 7.78. The molecule has 0 unspecified atom stereocenters. The molecule has 17 heavy (non-hydrogen) atoms. The second kappa shape index (κ2) is 5.84. The third kappa shape index (κ3) is 5.52. The molecule has 0 fully saturated rings. The Labute approximate surface area is 114 Å². The Hall–Kier alpha value is -0.590. The highest BCUT2D eigenvalue weighted by molar-refractivity contribution is 9.10. The van der Waals surface area contributed by atoms with Crippen LogP contribution in [0, 0.1) is 6.92 Å². The molecule has 1 aromatic rings. The van der Waals surface area contributed by atoms with E-state index in [2.05, 4.69) is 26.8 Å². The van der Waals surface area contributed by atoms with Gasteiger partial charge in [-0.3, -0.25) is 5.43 Å². The second-order valence-corrected chi connectivity index (χ2v) is 6.79. The van der Waals surface area contributed by atoms with Crippen molar-refractivity contribution in [2.75, 3.05) is 0 Å². The predicted octanol–water partition coefficient (Wildman–Crippen LogP) is 3.35. The summed E-state index contributed by atoms with van der Waals surface area (Å²) in [6.07, 6.45) is -0.468. The highest BCUT2D eigenvalue weighted by atomic mass is 79.9. The van der Waals surface area contributed by atoms with E-state index in [0.29, 0.717) is 6.54 Å². The molecule has 2 N–H and O–H groups in total. The van der Waals surface area contributed by atoms with E-state index in [1.54, 1.807) is 11.3 Å². The molecule has 0 atom stereocenters. The summed E-state index contributed by atoms with van der Waals surface area (Å²) in [6, 6.07) is 2.03. The van der Waals surface area contributed by atoms with Crippen molar-refractivity contribution in [3.05, 3.63) is 20.3 Å². The summed E-state index contributed by atoms with van der Waals surface area (Å²) in [4.78, 5) is 13.7. The molecule has 0 radical (unpaired) electrons. The number of thiophene rings is 1. The lowest BCUT2D eigenvalue weighted by Gasteiger charge is -2.19. The van der Waals surface area contributed by atoms with Crippen LogP contribution in [-0.2, 0) is 11.3 Å². The van der Waals surface area contributed by atoms with Crippen molar-refractivity contribution >= 4 is 33.4 Å². The standard InChI is InChI=1S/C11H17BrN2O2S/c1-7-9(12)5-8(17-7)6-13-14-10(15)16-11(2,3)4/h5,13H,6H2,1-4H3,(H,14,15). The number of nitrogens with one attached hydrogen (secondary N) is 2. The fraction of sp³-hybridized carbons (Fsp3) is 0.545. The van der Waals surface area contributed by atoms with E-state index in [4.69, 9.17) is 4.74 Å². The van der Waals surface area contributed by atoms with Gasteiger partial charge < -0.3 is 4.74 Å². The van der Waals surface area contributed by atoms with Gasteiger partial charge in [-0.15, -0.1) is 11.3 Å². The molecule has 1 amide bonds. The van der Waals surface area contributed by atoms with Crippen molar-refractivity contribution in [3.8, 4) is 0 Å². The Morgan fingerprint density at radius 2 is 2.18 bits per heavy atom. The molecule has 0 aliphatic carbocycles. The van der Waals surface area contributed by atoms with Crippen molar-refractivity contribution in [2.24, 2.45) is 0 Å². The van der Waals surface area contributed by atoms with Crippen molar-refractivity contribution in [2.45, 2.75) is 39.8 Å². The summed E-state index contributed by atoms with van der Waals surface area (Å²) in [5, 5.41) is 0. The van der Waals surface area contributed by atoms with E-state index in [0.717, 1.165) is 9.35 Å². The molecule has 1 heterocycles. The van der Waals surface area contributed by atoms with E-state index in [1.165, 1.54) is 4.88 Å². The molecule has 0 bridgehead atoms. The zero-order valence-electron chi connectivity index (χ0n) is 10.4. The molecule has 0 aliphatic rings. The normalized spacial score (nSPS) is 11.4. The first-order valence-corrected chi connectivity index (χ1v) is 6.85. The summed E-state index contributed by atoms with van der Waals surface area (Å²) in [7, 11) is 0. The fourth-order valence-corrected chi connectivity index (χ4v) is 2.65. The van der Waals surface area contributed by atoms with Gasteiger partial charge in [0.15, 0.2) is 0 Å². The van der Waals surface area contributed by atoms with Crippen LogP contribution < -0.4 is 10.9 Å². The van der Waals surface area contributed by atoms with Crippen molar-refractivity contribution in [1.82, 2.24) is 10.9 Å². The SMILES string of the molecule is Cc1sc(CNNC(=O)OC(C)(C)C)cc1Br. The maximum absolute atomic E-state index is 11.3. The topological polar surface area (TPSA) is 50.4 Å². The lowest BCUT2D eigenvalue weighted by molar-refractivity contribution is 0.0497. The summed E-state index contributed by atoms with van der Waals surface area (Å²) in [5.74, 6) is 0. The molecule has 96 valence electrons. The highest BCUT2D eigenvalue weighted by Gasteiger charge is 2.15. The van der Waals surface area contributed by atoms with Crippen LogP contribution in [0.2, 0.25) is 0 Å². The average Bonchev–Trinajstić information content (AvgIpc) is 2.43. The van der Waals surface area contributed by atoms with E-state index >= 15 is 0 Å². The Kier molecular flexibility index (Phi) is 4.97. The Balaban J connectivity index is 2.31. The third-order valence-corrected chi connectivity index (χ3v) is 3.90. The van der Waals surface area contributed by atoms with E-state index in [9.17, 15) is 4.79 Å². The van der Waals surface area contributed by atoms with Crippen LogP contribution in [0.5, 0.6) is 0 Å². The summed E-state index contributed by atoms with van der Waals surface area (Å²) < 4.78 is 6.18. The van der Waals surface area contributed by atoms with Crippen LogP contribution >= 0.6 is 27.3 Å². The molecule has 0 aromatic carbocycles. The quantitative estimate of drug-likeness (QED) is 0.840. The molecule has 0 spiro atoms. The summed E-state index contributed by atoms with van der Waals surface area (Å²) in [5.41, 5.74) is 4.85. The second-order valence-electron chi connectivity index (χ2n) is 4.60. The molecule has 1 rings (SSSR count). The van der Waals surface area contributed by atoms with Crippen LogP contribution in [0.1, 0.15) is 30.5 Å². The lowest BCUT2D eigenvalue weighted by atomic mass is 10.2. The van der Waals surface area contributed by atoms with Gasteiger partial charge >= 0.3 is 6.09 Å². The predicted molar refractivity (Wildman–Crippen MR) is 73.0 cm³/mol. The number of carbonyl (C=O) groups excluding carboxylic acids is 1. The van der Waals surface area contributed by atoms with Crippen LogP contribution in [-0.4, -0.2) is 11.7 Å². The van der Waals surface area contributed by atoms with Gasteiger partial charge in [0, 0.05) is 20.8 Å². The molecule has 0 saturated carbocycles. The van der Waals surface area contributed by atoms with Gasteiger partial charge in [-0.05, 0) is 49.7 Å². The van der Waals surface area contributed by atoms with Crippen LogP contribution in [0.15, 0.2) is 10.5 Å². The Morgan fingerprint density at radius 1 is 1.53 bits per heavy atom. The smallest absolute Gasteiger partial charge is 0.422 e. The van der Waals surface area contributed by atoms with Crippen LogP contribution in [0.25, 0.3) is 0 Å². The van der Waals surface area contributed by atoms with E-state index in [1.807, 2.05) is 33.8 Å². The molecule has 4 nitrogen and oxygen atoms in total. The van der Waals surface area contributed by atoms with Gasteiger partial charge in [0.25, 0.3) is 0 Å². The first-order valence-electron chi connectivity index (χ1n) is 5.24. The monoisotopic (exact) mass is 320 g/mol. The molecule has 6 heteroatoms. The maximum Gasteiger partial charge on any atom is 0.422 e. The minimum Gasteiger partial charge on any atom is -0.443 e. The Morgan fingerprint density at radius 3 is 2.65 bits per heavy atom. The minimum atomic E-state index is -0.478. The van der Waals surface area contributed by atoms with Crippen molar-refractivity contribution in [3.63, 3.8) is 0 Å². The van der Waals surface area contributed by atoms with E-state index in [-0.39, 0.29) is 0 Å². The highest BCUT2D eigenvalue weighted by Crippen LogP contribution is 2.25. The number of rotatable bonds is 3. The van der Waals surface area contributed by atoms with Gasteiger partial charge in [0.05, 0.1) is 0 Å². The largest absolute Gasteiger partial charge is 0.443 e. The summed E-state index contributed by atoms with van der Waals surface area (Å²) in [6.45, 7) is 8.10. The van der Waals surface area contributed by atoms with Gasteiger partial charge in [-0.2, -0.15) is 0 Å². The average molecular weight is 321 g/mol. The number of ether oxygens (including phenoxy) is 1. The fourth-order valence-electron chi connectivity index (χ4n) is 1.11. The minimum absolute atomic E-state index is 0.468. The number of hydrogen-bond acceptors (Lipinski definition) is 4. The number of halogens is 1. The number of hydrazine groups is 1. The first kappa shape index (κ1) is 14.5. The van der Waals surface area contributed by atoms with Gasteiger partial charge in [-0.25, -0.2) is 10.2 Å². The van der Waals surface area contributed by atoms with Crippen LogP contribution in [0.4, 0.5) is 4.79 Å². The molecular weight excluding hydrogens is 304 g/mol. The van der Waals surface area contributed by atoms with Gasteiger partial charge in [-0.1, -0.05) is 0 Å². The lowest BCUT2D eigenvalue weighted by Crippen LogP contribution is -2.40. The maximum atomic E-state index is 11.3.